The van der Waals surface area contributed by atoms with Crippen LogP contribution in [0.3, 0.4) is 0 Å². The van der Waals surface area contributed by atoms with Crippen molar-refractivity contribution in [1.82, 2.24) is 20.1 Å². The molecule has 0 atom stereocenters. The number of carbonyl (C=O) groups excluding carboxylic acids is 2. The van der Waals surface area contributed by atoms with E-state index in [1.807, 2.05) is 58.9 Å². The van der Waals surface area contributed by atoms with Crippen LogP contribution in [0.4, 0.5) is 5.69 Å². The fourth-order valence-electron chi connectivity index (χ4n) is 4.30. The van der Waals surface area contributed by atoms with E-state index in [9.17, 15) is 9.59 Å². The Bertz CT molecular complexity index is 1530. The number of thioether (sulfide) groups is 1. The second kappa shape index (κ2) is 12.1. The lowest BCUT2D eigenvalue weighted by atomic mass is 10.2. The van der Waals surface area contributed by atoms with Crippen molar-refractivity contribution in [2.45, 2.75) is 25.0 Å². The van der Waals surface area contributed by atoms with Crippen molar-refractivity contribution in [2.75, 3.05) is 23.8 Å². The number of amides is 2. The van der Waals surface area contributed by atoms with Gasteiger partial charge in [0.1, 0.15) is 5.75 Å². The number of halogens is 2. The molecule has 11 heteroatoms. The normalized spacial score (nSPS) is 12.3. The van der Waals surface area contributed by atoms with Gasteiger partial charge in [-0.25, -0.2) is 0 Å². The molecule has 1 aliphatic heterocycles. The van der Waals surface area contributed by atoms with Gasteiger partial charge in [-0.1, -0.05) is 65.3 Å². The van der Waals surface area contributed by atoms with Gasteiger partial charge in [0, 0.05) is 22.9 Å². The molecule has 200 valence electrons. The van der Waals surface area contributed by atoms with Crippen molar-refractivity contribution < 1.29 is 14.3 Å². The molecule has 1 aromatic heterocycles. The van der Waals surface area contributed by atoms with E-state index < -0.39 is 0 Å². The number of hydrogen-bond acceptors (Lipinski definition) is 6. The number of nitrogens with zero attached hydrogens (tertiary/aromatic N) is 4. The number of nitrogens with one attached hydrogen (secondary N) is 1. The summed E-state index contributed by atoms with van der Waals surface area (Å²) >= 11 is 13.3. The average molecular weight is 583 g/mol. The topological polar surface area (TPSA) is 89.4 Å². The predicted molar refractivity (Wildman–Crippen MR) is 153 cm³/mol. The van der Waals surface area contributed by atoms with Crippen LogP contribution in [-0.2, 0) is 22.6 Å². The van der Waals surface area contributed by atoms with E-state index in [0.29, 0.717) is 33.3 Å². The molecule has 0 aliphatic carbocycles. The highest BCUT2D eigenvalue weighted by atomic mass is 35.5. The molecule has 0 saturated heterocycles. The first kappa shape index (κ1) is 27.1. The third kappa shape index (κ3) is 6.38. The monoisotopic (exact) mass is 581 g/mol. The van der Waals surface area contributed by atoms with E-state index in [1.54, 1.807) is 18.2 Å². The summed E-state index contributed by atoms with van der Waals surface area (Å²) in [6, 6.07) is 20.6. The van der Waals surface area contributed by atoms with Gasteiger partial charge in [-0.15, -0.1) is 10.2 Å². The maximum Gasteiger partial charge on any atom is 0.258 e. The Balaban J connectivity index is 1.27. The summed E-state index contributed by atoms with van der Waals surface area (Å²) in [4.78, 5) is 27.4. The molecular weight excluding hydrogens is 557 g/mol. The van der Waals surface area contributed by atoms with Crippen molar-refractivity contribution in [1.29, 1.82) is 0 Å². The zero-order chi connectivity index (χ0) is 27.4. The van der Waals surface area contributed by atoms with Gasteiger partial charge >= 0.3 is 0 Å². The summed E-state index contributed by atoms with van der Waals surface area (Å²) in [5.41, 5.74) is 4.05. The third-order valence-corrected chi connectivity index (χ3v) is 7.61. The van der Waals surface area contributed by atoms with Gasteiger partial charge in [-0.3, -0.25) is 14.2 Å². The van der Waals surface area contributed by atoms with E-state index in [0.717, 1.165) is 23.4 Å². The standard InChI is InChI=1S/C28H25Cl2N5O3S/c1-18-5-4-7-21(13-18)35-25(15-31-26(36)16-38-24-10-9-20(29)14-22(24)30)32-33-28(35)39-17-27(37)34-12-11-19-6-2-3-8-23(19)34/h2-10,13-14H,11-12,15-17H2,1H3,(H,31,36). The summed E-state index contributed by atoms with van der Waals surface area (Å²) in [5.74, 6) is 0.761. The Kier molecular flexibility index (Phi) is 8.40. The van der Waals surface area contributed by atoms with Crippen molar-refractivity contribution in [3.63, 3.8) is 0 Å². The lowest BCUT2D eigenvalue weighted by molar-refractivity contribution is -0.123. The van der Waals surface area contributed by atoms with Crippen LogP contribution in [0.2, 0.25) is 10.0 Å². The Morgan fingerprint density at radius 3 is 2.72 bits per heavy atom. The zero-order valence-electron chi connectivity index (χ0n) is 21.1. The third-order valence-electron chi connectivity index (χ3n) is 6.17. The Morgan fingerprint density at radius 2 is 1.90 bits per heavy atom. The highest BCUT2D eigenvalue weighted by Gasteiger charge is 2.25. The van der Waals surface area contributed by atoms with Gasteiger partial charge in [0.2, 0.25) is 5.91 Å². The van der Waals surface area contributed by atoms with E-state index in [2.05, 4.69) is 21.6 Å². The highest BCUT2D eigenvalue weighted by molar-refractivity contribution is 7.99. The molecule has 39 heavy (non-hydrogen) atoms. The first-order chi connectivity index (χ1) is 18.9. The molecule has 0 bridgehead atoms. The number of carbonyl (C=O) groups is 2. The minimum absolute atomic E-state index is 0.0107. The molecule has 0 saturated carbocycles. The highest BCUT2D eigenvalue weighted by Crippen LogP contribution is 2.30. The smallest absolute Gasteiger partial charge is 0.258 e. The summed E-state index contributed by atoms with van der Waals surface area (Å²) in [5, 5.41) is 12.9. The predicted octanol–water partition coefficient (Wildman–Crippen LogP) is 5.26. The van der Waals surface area contributed by atoms with E-state index in [-0.39, 0.29) is 30.7 Å². The Morgan fingerprint density at radius 1 is 1.05 bits per heavy atom. The number of fused-ring (bicyclic) bond motifs is 1. The largest absolute Gasteiger partial charge is 0.482 e. The van der Waals surface area contributed by atoms with Gasteiger partial charge in [0.05, 0.1) is 17.3 Å². The molecule has 0 radical (unpaired) electrons. The molecular formula is C28H25Cl2N5O3S. The SMILES string of the molecule is Cc1cccc(-n2c(CNC(=O)COc3ccc(Cl)cc3Cl)nnc2SCC(=O)N2CCc3ccccc32)c1. The molecule has 8 nitrogen and oxygen atoms in total. The summed E-state index contributed by atoms with van der Waals surface area (Å²) in [6.45, 7) is 2.55. The number of anilines is 1. The van der Waals surface area contributed by atoms with Crippen LogP contribution in [-0.4, -0.2) is 45.5 Å². The molecule has 1 aliphatic rings. The van der Waals surface area contributed by atoms with Gasteiger partial charge in [0.15, 0.2) is 17.6 Å². The maximum absolute atomic E-state index is 13.1. The Labute approximate surface area is 240 Å². The van der Waals surface area contributed by atoms with E-state index in [1.165, 1.54) is 17.3 Å². The molecule has 3 aromatic carbocycles. The zero-order valence-corrected chi connectivity index (χ0v) is 23.4. The molecule has 4 aromatic rings. The summed E-state index contributed by atoms with van der Waals surface area (Å²) < 4.78 is 7.39. The van der Waals surface area contributed by atoms with Crippen molar-refractivity contribution >= 4 is 52.5 Å². The molecule has 2 heterocycles. The van der Waals surface area contributed by atoms with Crippen molar-refractivity contribution in [3.8, 4) is 11.4 Å². The molecule has 0 fully saturated rings. The van der Waals surface area contributed by atoms with Crippen LogP contribution in [0.1, 0.15) is 17.0 Å². The maximum atomic E-state index is 13.1. The molecule has 0 unspecified atom stereocenters. The van der Waals surface area contributed by atoms with Crippen LogP contribution in [0, 0.1) is 6.92 Å². The van der Waals surface area contributed by atoms with Crippen LogP contribution < -0.4 is 15.0 Å². The van der Waals surface area contributed by atoms with Gasteiger partial charge in [0.25, 0.3) is 5.91 Å². The second-order valence-corrected chi connectivity index (χ2v) is 10.7. The quantitative estimate of drug-likeness (QED) is 0.271. The van der Waals surface area contributed by atoms with Crippen LogP contribution in [0.5, 0.6) is 5.75 Å². The number of rotatable bonds is 9. The van der Waals surface area contributed by atoms with Gasteiger partial charge in [-0.05, 0) is 60.9 Å². The van der Waals surface area contributed by atoms with Crippen LogP contribution >= 0.6 is 35.0 Å². The number of hydrogen-bond donors (Lipinski definition) is 1. The molecule has 0 spiro atoms. The minimum atomic E-state index is -0.350. The van der Waals surface area contributed by atoms with Gasteiger partial charge in [-0.2, -0.15) is 0 Å². The molecule has 5 rings (SSSR count). The number of aromatic nitrogens is 3. The first-order valence-corrected chi connectivity index (χ1v) is 14.0. The minimum Gasteiger partial charge on any atom is -0.482 e. The number of aryl methyl sites for hydroxylation is 1. The van der Waals surface area contributed by atoms with Crippen LogP contribution in [0.25, 0.3) is 5.69 Å². The average Bonchev–Trinajstić information content (AvgIpc) is 3.54. The Hall–Kier alpha value is -3.53. The summed E-state index contributed by atoms with van der Waals surface area (Å²) in [6.07, 6.45) is 0.851. The fraction of sp³-hybridized carbons (Fsp3) is 0.214. The van der Waals surface area contributed by atoms with E-state index >= 15 is 0 Å². The van der Waals surface area contributed by atoms with Crippen molar-refractivity contribution in [2.24, 2.45) is 0 Å². The van der Waals surface area contributed by atoms with Crippen molar-refractivity contribution in [3.05, 3.63) is 93.7 Å². The lowest BCUT2D eigenvalue weighted by Crippen LogP contribution is -2.30. The number of benzene rings is 3. The van der Waals surface area contributed by atoms with Crippen LogP contribution in [0.15, 0.2) is 71.9 Å². The van der Waals surface area contributed by atoms with Gasteiger partial charge < -0.3 is 15.0 Å². The molecule has 1 N–H and O–H groups in total. The molecule has 2 amide bonds. The fourth-order valence-corrected chi connectivity index (χ4v) is 5.61. The number of para-hydroxylation sites is 1. The second-order valence-electron chi connectivity index (χ2n) is 8.93. The lowest BCUT2D eigenvalue weighted by Gasteiger charge is -2.17. The van der Waals surface area contributed by atoms with E-state index in [4.69, 9.17) is 27.9 Å². The number of ether oxygens (including phenoxy) is 1. The first-order valence-electron chi connectivity index (χ1n) is 12.3. The summed E-state index contributed by atoms with van der Waals surface area (Å²) in [7, 11) is 0.